The lowest BCUT2D eigenvalue weighted by atomic mass is 10.2. The lowest BCUT2D eigenvalue weighted by molar-refractivity contribution is 0.306. The van der Waals surface area contributed by atoms with Crippen LogP contribution in [0.25, 0.3) is 0 Å². The Bertz CT molecular complexity index is 611. The van der Waals surface area contributed by atoms with Crippen molar-refractivity contribution in [3.05, 3.63) is 63.9 Å². The average Bonchev–Trinajstić information content (AvgIpc) is 3.32. The van der Waals surface area contributed by atoms with E-state index in [1.807, 2.05) is 12.1 Å². The normalized spacial score (nSPS) is 14.2. The number of halogens is 2. The van der Waals surface area contributed by atoms with E-state index in [2.05, 4.69) is 33.4 Å². The number of nitrogens with one attached hydrogen (secondary N) is 1. The van der Waals surface area contributed by atoms with Crippen LogP contribution in [0, 0.1) is 5.82 Å². The Morgan fingerprint density at radius 1 is 1.10 bits per heavy atom. The van der Waals surface area contributed by atoms with E-state index in [-0.39, 0.29) is 5.82 Å². The molecule has 0 aromatic heterocycles. The summed E-state index contributed by atoms with van der Waals surface area (Å²) in [5.74, 6) is 0.567. The largest absolute Gasteiger partial charge is 0.489 e. The third-order valence-electron chi connectivity index (χ3n) is 3.49. The van der Waals surface area contributed by atoms with Crippen molar-refractivity contribution in [1.29, 1.82) is 0 Å². The molecule has 1 N–H and O–H groups in total. The molecule has 0 spiro atoms. The van der Waals surface area contributed by atoms with Gasteiger partial charge in [0.05, 0.1) is 4.47 Å². The molecule has 0 heterocycles. The summed E-state index contributed by atoms with van der Waals surface area (Å²) in [5.41, 5.74) is 2.20. The van der Waals surface area contributed by atoms with Gasteiger partial charge >= 0.3 is 0 Å². The summed E-state index contributed by atoms with van der Waals surface area (Å²) in [5, 5.41) is 3.48. The molecule has 3 rings (SSSR count). The van der Waals surface area contributed by atoms with E-state index in [0.717, 1.165) is 23.9 Å². The number of hydrogen-bond donors (Lipinski definition) is 1. The van der Waals surface area contributed by atoms with E-state index < -0.39 is 0 Å². The second-order valence-electron chi connectivity index (χ2n) is 5.34. The SMILES string of the molecule is Fc1ccc(COc2ccc(CNC3CC3)cc2)cc1Br. The first-order valence-electron chi connectivity index (χ1n) is 7.10. The summed E-state index contributed by atoms with van der Waals surface area (Å²) < 4.78 is 19.3. The summed E-state index contributed by atoms with van der Waals surface area (Å²) >= 11 is 3.18. The molecule has 0 saturated heterocycles. The number of hydrogen-bond acceptors (Lipinski definition) is 2. The van der Waals surface area contributed by atoms with Crippen LogP contribution in [-0.4, -0.2) is 6.04 Å². The smallest absolute Gasteiger partial charge is 0.137 e. The van der Waals surface area contributed by atoms with Crippen LogP contribution in [-0.2, 0) is 13.2 Å². The Hall–Kier alpha value is -1.39. The summed E-state index contributed by atoms with van der Waals surface area (Å²) in [6, 6.07) is 13.7. The van der Waals surface area contributed by atoms with Crippen molar-refractivity contribution in [3.63, 3.8) is 0 Å². The van der Waals surface area contributed by atoms with Gasteiger partial charge in [-0.2, -0.15) is 0 Å². The molecule has 1 aliphatic rings. The molecule has 1 saturated carbocycles. The highest BCUT2D eigenvalue weighted by molar-refractivity contribution is 9.10. The second-order valence-corrected chi connectivity index (χ2v) is 6.19. The van der Waals surface area contributed by atoms with Gasteiger partial charge in [0.2, 0.25) is 0 Å². The van der Waals surface area contributed by atoms with Crippen molar-refractivity contribution in [3.8, 4) is 5.75 Å². The van der Waals surface area contributed by atoms with Gasteiger partial charge in [-0.25, -0.2) is 4.39 Å². The van der Waals surface area contributed by atoms with Crippen LogP contribution in [0.2, 0.25) is 0 Å². The number of ether oxygens (including phenoxy) is 1. The van der Waals surface area contributed by atoms with Crippen molar-refractivity contribution < 1.29 is 9.13 Å². The van der Waals surface area contributed by atoms with Crippen molar-refractivity contribution in [2.45, 2.75) is 32.0 Å². The molecule has 2 aromatic carbocycles. The first kappa shape index (κ1) is 14.5. The molecular formula is C17H17BrFNO. The summed E-state index contributed by atoms with van der Waals surface area (Å²) in [6.07, 6.45) is 2.60. The van der Waals surface area contributed by atoms with Crippen molar-refractivity contribution in [1.82, 2.24) is 5.32 Å². The minimum Gasteiger partial charge on any atom is -0.489 e. The Morgan fingerprint density at radius 3 is 2.48 bits per heavy atom. The second kappa shape index (κ2) is 6.58. The third-order valence-corrected chi connectivity index (χ3v) is 4.09. The average molecular weight is 350 g/mol. The molecule has 0 radical (unpaired) electrons. The van der Waals surface area contributed by atoms with Gasteiger partial charge in [0.1, 0.15) is 18.2 Å². The fourth-order valence-electron chi connectivity index (χ4n) is 2.05. The Kier molecular flexibility index (Phi) is 4.56. The number of rotatable bonds is 6. The van der Waals surface area contributed by atoms with Crippen LogP contribution in [0.1, 0.15) is 24.0 Å². The van der Waals surface area contributed by atoms with Gasteiger partial charge in [-0.15, -0.1) is 0 Å². The van der Waals surface area contributed by atoms with E-state index in [1.165, 1.54) is 24.5 Å². The van der Waals surface area contributed by atoms with Gasteiger partial charge < -0.3 is 10.1 Å². The predicted octanol–water partition coefficient (Wildman–Crippen LogP) is 4.42. The molecule has 4 heteroatoms. The lowest BCUT2D eigenvalue weighted by Crippen LogP contribution is -2.15. The lowest BCUT2D eigenvalue weighted by Gasteiger charge is -2.08. The molecule has 0 atom stereocenters. The molecule has 2 aromatic rings. The zero-order chi connectivity index (χ0) is 14.7. The molecular weight excluding hydrogens is 333 g/mol. The van der Waals surface area contributed by atoms with Gasteiger partial charge in [0.25, 0.3) is 0 Å². The molecule has 110 valence electrons. The standard InChI is InChI=1S/C17H17BrFNO/c18-16-9-13(3-8-17(16)19)11-21-15-6-1-12(2-7-15)10-20-14-4-5-14/h1-3,6-9,14,20H,4-5,10-11H2. The molecule has 0 bridgehead atoms. The Labute approximate surface area is 132 Å². The zero-order valence-electron chi connectivity index (χ0n) is 11.6. The summed E-state index contributed by atoms with van der Waals surface area (Å²) in [7, 11) is 0. The van der Waals surface area contributed by atoms with Crippen LogP contribution in [0.5, 0.6) is 5.75 Å². The minimum absolute atomic E-state index is 0.258. The first-order chi connectivity index (χ1) is 10.2. The molecule has 0 amide bonds. The van der Waals surface area contributed by atoms with Crippen molar-refractivity contribution in [2.24, 2.45) is 0 Å². The first-order valence-corrected chi connectivity index (χ1v) is 7.89. The van der Waals surface area contributed by atoms with E-state index in [0.29, 0.717) is 11.1 Å². The predicted molar refractivity (Wildman–Crippen MR) is 84.7 cm³/mol. The maximum Gasteiger partial charge on any atom is 0.137 e. The molecule has 1 aliphatic carbocycles. The third kappa shape index (κ3) is 4.29. The topological polar surface area (TPSA) is 21.3 Å². The van der Waals surface area contributed by atoms with Crippen LogP contribution in [0.4, 0.5) is 4.39 Å². The maximum absolute atomic E-state index is 13.1. The summed E-state index contributed by atoms with van der Waals surface area (Å²) in [6.45, 7) is 1.34. The quantitative estimate of drug-likeness (QED) is 0.833. The van der Waals surface area contributed by atoms with E-state index in [9.17, 15) is 4.39 Å². The van der Waals surface area contributed by atoms with Gasteiger partial charge in [0, 0.05) is 12.6 Å². The Balaban J connectivity index is 1.53. The Morgan fingerprint density at radius 2 is 1.81 bits per heavy atom. The summed E-state index contributed by atoms with van der Waals surface area (Å²) in [4.78, 5) is 0. The minimum atomic E-state index is -0.258. The van der Waals surface area contributed by atoms with Crippen molar-refractivity contribution >= 4 is 15.9 Å². The van der Waals surface area contributed by atoms with Crippen molar-refractivity contribution in [2.75, 3.05) is 0 Å². The highest BCUT2D eigenvalue weighted by atomic mass is 79.9. The molecule has 2 nitrogen and oxygen atoms in total. The molecule has 0 aliphatic heterocycles. The fraction of sp³-hybridized carbons (Fsp3) is 0.294. The van der Waals surface area contributed by atoms with Crippen LogP contribution in [0.3, 0.4) is 0 Å². The van der Waals surface area contributed by atoms with Gasteiger partial charge in [0.15, 0.2) is 0 Å². The molecule has 21 heavy (non-hydrogen) atoms. The van der Waals surface area contributed by atoms with E-state index in [1.54, 1.807) is 12.1 Å². The van der Waals surface area contributed by atoms with Crippen LogP contribution < -0.4 is 10.1 Å². The van der Waals surface area contributed by atoms with E-state index >= 15 is 0 Å². The van der Waals surface area contributed by atoms with Crippen LogP contribution >= 0.6 is 15.9 Å². The number of benzene rings is 2. The maximum atomic E-state index is 13.1. The highest BCUT2D eigenvalue weighted by Crippen LogP contribution is 2.21. The fourth-order valence-corrected chi connectivity index (χ4v) is 2.48. The monoisotopic (exact) mass is 349 g/mol. The van der Waals surface area contributed by atoms with Gasteiger partial charge in [-0.05, 0) is 64.2 Å². The highest BCUT2D eigenvalue weighted by Gasteiger charge is 2.19. The van der Waals surface area contributed by atoms with Gasteiger partial charge in [-0.3, -0.25) is 0 Å². The molecule has 0 unspecified atom stereocenters. The van der Waals surface area contributed by atoms with Crippen LogP contribution in [0.15, 0.2) is 46.9 Å². The van der Waals surface area contributed by atoms with Gasteiger partial charge in [-0.1, -0.05) is 18.2 Å². The zero-order valence-corrected chi connectivity index (χ0v) is 13.2. The molecule has 1 fully saturated rings. The van der Waals surface area contributed by atoms with E-state index in [4.69, 9.17) is 4.74 Å².